The monoisotopic (exact) mass is 321 g/mol. The number of hydrogen-bond donors (Lipinski definition) is 1. The summed E-state index contributed by atoms with van der Waals surface area (Å²) in [4.78, 5) is 17.8. The van der Waals surface area contributed by atoms with Crippen LogP contribution < -0.4 is 5.32 Å². The Kier molecular flexibility index (Phi) is 6.58. The average molecular weight is 321 g/mol. The lowest BCUT2D eigenvalue weighted by molar-refractivity contribution is 0.197. The first kappa shape index (κ1) is 17.2. The Balaban J connectivity index is 1.84. The van der Waals surface area contributed by atoms with E-state index in [9.17, 15) is 4.79 Å². The van der Waals surface area contributed by atoms with Crippen molar-refractivity contribution in [2.24, 2.45) is 0 Å². The maximum absolute atomic E-state index is 12.4. The van der Waals surface area contributed by atoms with E-state index >= 15 is 0 Å². The maximum atomic E-state index is 12.4. The summed E-state index contributed by atoms with van der Waals surface area (Å²) in [5, 5.41) is 3.06. The van der Waals surface area contributed by atoms with Crippen molar-refractivity contribution < 1.29 is 4.79 Å². The zero-order valence-corrected chi connectivity index (χ0v) is 14.7. The molecule has 122 valence electrons. The van der Waals surface area contributed by atoms with Crippen molar-refractivity contribution in [3.8, 4) is 0 Å². The third-order valence-corrected chi connectivity index (χ3v) is 5.02. The molecule has 0 radical (unpaired) electrons. The Hall–Kier alpha value is -1.20. The first-order chi connectivity index (χ1) is 10.6. The number of thioether (sulfide) groups is 1. The number of likely N-dealkylation sites (tertiary alicyclic amines) is 1. The lowest BCUT2D eigenvalue weighted by Gasteiger charge is -2.23. The van der Waals surface area contributed by atoms with Gasteiger partial charge in [0, 0.05) is 30.6 Å². The molecule has 0 spiro atoms. The first-order valence-electron chi connectivity index (χ1n) is 7.92. The fraction of sp³-hybridized carbons (Fsp3) is 0.588. The Morgan fingerprint density at radius 3 is 2.91 bits per heavy atom. The molecule has 1 aromatic carbocycles. The molecule has 1 aliphatic heterocycles. The van der Waals surface area contributed by atoms with Crippen LogP contribution in [0.25, 0.3) is 0 Å². The topological polar surface area (TPSA) is 35.6 Å². The van der Waals surface area contributed by atoms with Crippen molar-refractivity contribution in [1.29, 1.82) is 0 Å². The highest BCUT2D eigenvalue weighted by molar-refractivity contribution is 7.98. The van der Waals surface area contributed by atoms with E-state index in [1.54, 1.807) is 11.8 Å². The SMILES string of the molecule is CSc1cccc(CNC(=O)N2CCC[C@@H](N(C)C)CC2)c1. The van der Waals surface area contributed by atoms with Crippen molar-refractivity contribution in [1.82, 2.24) is 15.1 Å². The average Bonchev–Trinajstić information content (AvgIpc) is 2.79. The molecule has 1 saturated heterocycles. The molecule has 0 aromatic heterocycles. The number of carbonyl (C=O) groups excluding carboxylic acids is 1. The third kappa shape index (κ3) is 4.92. The molecule has 4 nitrogen and oxygen atoms in total. The van der Waals surface area contributed by atoms with E-state index in [-0.39, 0.29) is 6.03 Å². The molecule has 5 heteroatoms. The number of hydrogen-bond acceptors (Lipinski definition) is 3. The van der Waals surface area contributed by atoms with Crippen molar-refractivity contribution in [2.75, 3.05) is 33.4 Å². The molecular weight excluding hydrogens is 294 g/mol. The van der Waals surface area contributed by atoms with Gasteiger partial charge in [-0.3, -0.25) is 0 Å². The summed E-state index contributed by atoms with van der Waals surface area (Å²) in [6, 6.07) is 8.98. The van der Waals surface area contributed by atoms with E-state index in [1.807, 2.05) is 11.0 Å². The van der Waals surface area contributed by atoms with Crippen molar-refractivity contribution in [3.63, 3.8) is 0 Å². The standard InChI is InChI=1S/C17H27N3OS/c1-19(2)15-7-5-10-20(11-9-15)17(21)18-13-14-6-4-8-16(12-14)22-3/h4,6,8,12,15H,5,7,9-11,13H2,1-3H3,(H,18,21)/t15-/m1/s1. The fourth-order valence-corrected chi connectivity index (χ4v) is 3.35. The minimum absolute atomic E-state index is 0.0639. The molecule has 1 fully saturated rings. The maximum Gasteiger partial charge on any atom is 0.317 e. The van der Waals surface area contributed by atoms with Gasteiger partial charge in [0.15, 0.2) is 0 Å². The molecule has 1 aliphatic rings. The summed E-state index contributed by atoms with van der Waals surface area (Å²) >= 11 is 1.72. The second-order valence-electron chi connectivity index (χ2n) is 6.05. The summed E-state index contributed by atoms with van der Waals surface area (Å²) in [6.45, 7) is 2.31. The summed E-state index contributed by atoms with van der Waals surface area (Å²) in [6.07, 6.45) is 5.38. The van der Waals surface area contributed by atoms with Gasteiger partial charge < -0.3 is 15.1 Å². The number of urea groups is 1. The molecule has 2 rings (SSSR count). The van der Waals surface area contributed by atoms with E-state index in [0.717, 1.165) is 31.5 Å². The molecule has 2 amide bonds. The van der Waals surface area contributed by atoms with Crippen LogP contribution >= 0.6 is 11.8 Å². The molecule has 22 heavy (non-hydrogen) atoms. The van der Waals surface area contributed by atoms with E-state index < -0.39 is 0 Å². The Bertz CT molecular complexity index is 493. The van der Waals surface area contributed by atoms with Crippen molar-refractivity contribution in [2.45, 2.75) is 36.7 Å². The smallest absolute Gasteiger partial charge is 0.317 e. The molecule has 0 bridgehead atoms. The van der Waals surface area contributed by atoms with E-state index in [2.05, 4.69) is 48.8 Å². The zero-order chi connectivity index (χ0) is 15.9. The van der Waals surface area contributed by atoms with Crippen LogP contribution in [0.1, 0.15) is 24.8 Å². The summed E-state index contributed by atoms with van der Waals surface area (Å²) in [5.41, 5.74) is 1.15. The van der Waals surface area contributed by atoms with Gasteiger partial charge in [0.1, 0.15) is 0 Å². The van der Waals surface area contributed by atoms with E-state index in [1.165, 1.54) is 11.3 Å². The quantitative estimate of drug-likeness (QED) is 0.866. The van der Waals surface area contributed by atoms with Crippen LogP contribution in [0.5, 0.6) is 0 Å². The van der Waals surface area contributed by atoms with Crippen LogP contribution in [0.2, 0.25) is 0 Å². The van der Waals surface area contributed by atoms with Gasteiger partial charge in [-0.25, -0.2) is 4.79 Å². The summed E-state index contributed by atoms with van der Waals surface area (Å²) < 4.78 is 0. The van der Waals surface area contributed by atoms with Crippen LogP contribution in [-0.4, -0.2) is 55.3 Å². The normalized spacial score (nSPS) is 19.1. The predicted molar refractivity (Wildman–Crippen MR) is 93.4 cm³/mol. The molecule has 1 N–H and O–H groups in total. The van der Waals surface area contributed by atoms with E-state index in [0.29, 0.717) is 12.6 Å². The number of nitrogens with one attached hydrogen (secondary N) is 1. The van der Waals surface area contributed by atoms with Gasteiger partial charge in [0.25, 0.3) is 0 Å². The molecule has 1 aromatic rings. The number of carbonyl (C=O) groups is 1. The van der Waals surface area contributed by atoms with Gasteiger partial charge in [0.2, 0.25) is 0 Å². The second-order valence-corrected chi connectivity index (χ2v) is 6.93. The second kappa shape index (κ2) is 8.44. The molecule has 0 unspecified atom stereocenters. The highest BCUT2D eigenvalue weighted by Crippen LogP contribution is 2.17. The molecule has 0 saturated carbocycles. The number of benzene rings is 1. The van der Waals surface area contributed by atoms with Gasteiger partial charge in [-0.15, -0.1) is 11.8 Å². The summed E-state index contributed by atoms with van der Waals surface area (Å²) in [5.74, 6) is 0. The molecule has 1 heterocycles. The van der Waals surface area contributed by atoms with Crippen LogP contribution in [0.4, 0.5) is 4.79 Å². The van der Waals surface area contributed by atoms with Crippen LogP contribution in [0.15, 0.2) is 29.2 Å². The first-order valence-corrected chi connectivity index (χ1v) is 9.14. The largest absolute Gasteiger partial charge is 0.334 e. The highest BCUT2D eigenvalue weighted by Gasteiger charge is 2.21. The van der Waals surface area contributed by atoms with Gasteiger partial charge in [0.05, 0.1) is 0 Å². The predicted octanol–water partition coefficient (Wildman–Crippen LogP) is 3.03. The molecule has 0 aliphatic carbocycles. The number of rotatable bonds is 4. The van der Waals surface area contributed by atoms with Crippen molar-refractivity contribution >= 4 is 17.8 Å². The van der Waals surface area contributed by atoms with Gasteiger partial charge in [-0.1, -0.05) is 12.1 Å². The number of amides is 2. The van der Waals surface area contributed by atoms with Gasteiger partial charge >= 0.3 is 6.03 Å². The van der Waals surface area contributed by atoms with Gasteiger partial charge in [-0.05, 0) is 57.3 Å². The Morgan fingerprint density at radius 1 is 1.36 bits per heavy atom. The van der Waals surface area contributed by atoms with Gasteiger partial charge in [-0.2, -0.15) is 0 Å². The molecular formula is C17H27N3OS. The summed E-state index contributed by atoms with van der Waals surface area (Å²) in [7, 11) is 4.25. The third-order valence-electron chi connectivity index (χ3n) is 4.29. The van der Waals surface area contributed by atoms with Crippen LogP contribution in [0.3, 0.4) is 0 Å². The number of nitrogens with zero attached hydrogens (tertiary/aromatic N) is 2. The zero-order valence-electron chi connectivity index (χ0n) is 13.8. The Morgan fingerprint density at radius 2 is 2.18 bits per heavy atom. The van der Waals surface area contributed by atoms with Crippen LogP contribution in [0, 0.1) is 0 Å². The van der Waals surface area contributed by atoms with Crippen molar-refractivity contribution in [3.05, 3.63) is 29.8 Å². The lowest BCUT2D eigenvalue weighted by atomic mass is 10.1. The minimum Gasteiger partial charge on any atom is -0.334 e. The Labute approximate surface area is 138 Å². The molecule has 1 atom stereocenters. The minimum atomic E-state index is 0.0639. The van der Waals surface area contributed by atoms with E-state index in [4.69, 9.17) is 0 Å². The lowest BCUT2D eigenvalue weighted by Crippen LogP contribution is -2.40. The fourth-order valence-electron chi connectivity index (χ4n) is 2.87. The van der Waals surface area contributed by atoms with Crippen LogP contribution in [-0.2, 0) is 6.54 Å². The highest BCUT2D eigenvalue weighted by atomic mass is 32.2.